The molecule has 0 spiro atoms. The molecule has 1 atom stereocenters. The Morgan fingerprint density at radius 2 is 1.83 bits per heavy atom. The van der Waals surface area contributed by atoms with Crippen molar-refractivity contribution in [1.29, 1.82) is 0 Å². The van der Waals surface area contributed by atoms with Gasteiger partial charge < -0.3 is 0 Å². The SMILES string of the molecule is Cc1ccc(F)c(C(Br)Cc2ccccc2C)c1. The van der Waals surface area contributed by atoms with Crippen LogP contribution in [0.25, 0.3) is 0 Å². The van der Waals surface area contributed by atoms with Gasteiger partial charge in [-0.2, -0.15) is 0 Å². The molecule has 0 saturated carbocycles. The number of hydrogen-bond donors (Lipinski definition) is 0. The maximum Gasteiger partial charge on any atom is 0.127 e. The average molecular weight is 307 g/mol. The first kappa shape index (κ1) is 13.3. The minimum absolute atomic E-state index is 0.0125. The quantitative estimate of drug-likeness (QED) is 0.690. The van der Waals surface area contributed by atoms with Gasteiger partial charge in [-0.25, -0.2) is 4.39 Å². The summed E-state index contributed by atoms with van der Waals surface area (Å²) >= 11 is 3.60. The van der Waals surface area contributed by atoms with E-state index in [0.29, 0.717) is 0 Å². The molecule has 0 N–H and O–H groups in total. The molecule has 2 rings (SSSR count). The highest BCUT2D eigenvalue weighted by atomic mass is 79.9. The minimum Gasteiger partial charge on any atom is -0.207 e. The molecule has 0 aliphatic heterocycles. The van der Waals surface area contributed by atoms with E-state index >= 15 is 0 Å². The molecule has 0 aliphatic rings. The van der Waals surface area contributed by atoms with Gasteiger partial charge in [-0.3, -0.25) is 0 Å². The second-order valence-corrected chi connectivity index (χ2v) is 5.73. The van der Waals surface area contributed by atoms with E-state index in [9.17, 15) is 4.39 Å². The second kappa shape index (κ2) is 5.66. The smallest absolute Gasteiger partial charge is 0.127 e. The molecule has 0 fully saturated rings. The molecular weight excluding hydrogens is 291 g/mol. The van der Waals surface area contributed by atoms with E-state index < -0.39 is 0 Å². The molecular formula is C16H16BrF. The van der Waals surface area contributed by atoms with E-state index in [4.69, 9.17) is 0 Å². The lowest BCUT2D eigenvalue weighted by Gasteiger charge is -2.13. The Morgan fingerprint density at radius 3 is 2.56 bits per heavy atom. The predicted molar refractivity (Wildman–Crippen MR) is 77.7 cm³/mol. The number of alkyl halides is 1. The highest BCUT2D eigenvalue weighted by molar-refractivity contribution is 9.09. The molecule has 0 amide bonds. The molecule has 18 heavy (non-hydrogen) atoms. The zero-order valence-electron chi connectivity index (χ0n) is 10.6. The molecule has 0 saturated heterocycles. The first-order valence-electron chi connectivity index (χ1n) is 6.02. The molecule has 2 aromatic carbocycles. The van der Waals surface area contributed by atoms with E-state index in [1.807, 2.05) is 25.1 Å². The Bertz CT molecular complexity index is 549. The van der Waals surface area contributed by atoms with Gasteiger partial charge in [0.15, 0.2) is 0 Å². The van der Waals surface area contributed by atoms with Crippen LogP contribution in [0.15, 0.2) is 42.5 Å². The van der Waals surface area contributed by atoms with Gasteiger partial charge in [-0.05, 0) is 37.5 Å². The van der Waals surface area contributed by atoms with Crippen LogP contribution in [-0.2, 0) is 6.42 Å². The molecule has 2 heteroatoms. The van der Waals surface area contributed by atoms with E-state index in [1.165, 1.54) is 17.2 Å². The molecule has 0 aromatic heterocycles. The van der Waals surface area contributed by atoms with Crippen molar-refractivity contribution in [2.75, 3.05) is 0 Å². The van der Waals surface area contributed by atoms with Crippen LogP contribution in [0.1, 0.15) is 27.1 Å². The summed E-state index contributed by atoms with van der Waals surface area (Å²) in [4.78, 5) is 0.0125. The normalized spacial score (nSPS) is 12.4. The topological polar surface area (TPSA) is 0 Å². The van der Waals surface area contributed by atoms with Crippen LogP contribution >= 0.6 is 15.9 Å². The summed E-state index contributed by atoms with van der Waals surface area (Å²) in [6.07, 6.45) is 0.799. The van der Waals surface area contributed by atoms with Gasteiger partial charge in [0.2, 0.25) is 0 Å². The molecule has 0 radical (unpaired) electrons. The van der Waals surface area contributed by atoms with Crippen LogP contribution in [0.5, 0.6) is 0 Å². The van der Waals surface area contributed by atoms with Crippen molar-refractivity contribution in [2.24, 2.45) is 0 Å². The van der Waals surface area contributed by atoms with Crippen molar-refractivity contribution < 1.29 is 4.39 Å². The van der Waals surface area contributed by atoms with Crippen LogP contribution in [0.2, 0.25) is 0 Å². The summed E-state index contributed by atoms with van der Waals surface area (Å²) < 4.78 is 13.8. The number of hydrogen-bond acceptors (Lipinski definition) is 0. The van der Waals surface area contributed by atoms with Crippen LogP contribution in [0.3, 0.4) is 0 Å². The number of aryl methyl sites for hydroxylation is 2. The van der Waals surface area contributed by atoms with Gasteiger partial charge in [-0.1, -0.05) is 57.9 Å². The minimum atomic E-state index is -0.143. The molecule has 1 unspecified atom stereocenters. The lowest BCUT2D eigenvalue weighted by atomic mass is 9.99. The zero-order valence-corrected chi connectivity index (χ0v) is 12.2. The summed E-state index contributed by atoms with van der Waals surface area (Å²) in [6, 6.07) is 13.5. The van der Waals surface area contributed by atoms with Crippen LogP contribution in [0, 0.1) is 19.7 Å². The first-order chi connectivity index (χ1) is 8.58. The van der Waals surface area contributed by atoms with E-state index in [-0.39, 0.29) is 10.6 Å². The monoisotopic (exact) mass is 306 g/mol. The molecule has 0 heterocycles. The van der Waals surface area contributed by atoms with E-state index in [0.717, 1.165) is 17.5 Å². The third kappa shape index (κ3) is 2.99. The van der Waals surface area contributed by atoms with Gasteiger partial charge in [0.1, 0.15) is 5.82 Å². The molecule has 2 aromatic rings. The Kier molecular flexibility index (Phi) is 4.18. The summed E-state index contributed by atoms with van der Waals surface area (Å²) in [5, 5.41) is 0. The van der Waals surface area contributed by atoms with Crippen LogP contribution in [-0.4, -0.2) is 0 Å². The molecule has 0 nitrogen and oxygen atoms in total. The largest absolute Gasteiger partial charge is 0.207 e. The average Bonchev–Trinajstić information content (AvgIpc) is 2.35. The highest BCUT2D eigenvalue weighted by Crippen LogP contribution is 2.30. The van der Waals surface area contributed by atoms with Crippen LogP contribution in [0.4, 0.5) is 4.39 Å². The Hall–Kier alpha value is -1.15. The maximum atomic E-state index is 13.8. The van der Waals surface area contributed by atoms with Gasteiger partial charge >= 0.3 is 0 Å². The van der Waals surface area contributed by atoms with Gasteiger partial charge in [-0.15, -0.1) is 0 Å². The van der Waals surface area contributed by atoms with E-state index in [2.05, 4.69) is 35.0 Å². The van der Waals surface area contributed by atoms with Crippen molar-refractivity contribution in [1.82, 2.24) is 0 Å². The lowest BCUT2D eigenvalue weighted by Crippen LogP contribution is -2.00. The fourth-order valence-corrected chi connectivity index (χ4v) is 2.74. The number of halogens is 2. The summed E-state index contributed by atoms with van der Waals surface area (Å²) in [5.41, 5.74) is 4.31. The molecule has 0 aliphatic carbocycles. The first-order valence-corrected chi connectivity index (χ1v) is 6.94. The maximum absolute atomic E-state index is 13.8. The van der Waals surface area contributed by atoms with Gasteiger partial charge in [0, 0.05) is 10.4 Å². The van der Waals surface area contributed by atoms with Crippen molar-refractivity contribution in [3.8, 4) is 0 Å². The third-order valence-electron chi connectivity index (χ3n) is 3.15. The van der Waals surface area contributed by atoms with Crippen molar-refractivity contribution >= 4 is 15.9 Å². The molecule has 0 bridgehead atoms. The summed E-state index contributed by atoms with van der Waals surface area (Å²) in [5.74, 6) is -0.143. The Labute approximate surface area is 116 Å². The zero-order chi connectivity index (χ0) is 13.1. The number of benzene rings is 2. The molecule has 94 valence electrons. The third-order valence-corrected chi connectivity index (χ3v) is 3.97. The Balaban J connectivity index is 2.25. The standard InChI is InChI=1S/C16H16BrF/c1-11-7-8-16(18)14(9-11)15(17)10-13-6-4-3-5-12(13)2/h3-9,15H,10H2,1-2H3. The second-order valence-electron chi connectivity index (χ2n) is 4.62. The Morgan fingerprint density at radius 1 is 1.11 bits per heavy atom. The van der Waals surface area contributed by atoms with Gasteiger partial charge in [0.05, 0.1) is 0 Å². The lowest BCUT2D eigenvalue weighted by molar-refractivity contribution is 0.607. The van der Waals surface area contributed by atoms with Crippen molar-refractivity contribution in [2.45, 2.75) is 25.1 Å². The van der Waals surface area contributed by atoms with Crippen molar-refractivity contribution in [3.63, 3.8) is 0 Å². The number of rotatable bonds is 3. The fraction of sp³-hybridized carbons (Fsp3) is 0.250. The predicted octanol–water partition coefficient (Wildman–Crippen LogP) is 5.12. The fourth-order valence-electron chi connectivity index (χ4n) is 2.05. The van der Waals surface area contributed by atoms with E-state index in [1.54, 1.807) is 6.07 Å². The van der Waals surface area contributed by atoms with Crippen LogP contribution < -0.4 is 0 Å². The summed E-state index contributed by atoms with van der Waals surface area (Å²) in [7, 11) is 0. The summed E-state index contributed by atoms with van der Waals surface area (Å²) in [6.45, 7) is 4.07. The van der Waals surface area contributed by atoms with Crippen molar-refractivity contribution in [3.05, 3.63) is 70.5 Å². The van der Waals surface area contributed by atoms with Gasteiger partial charge in [0.25, 0.3) is 0 Å². The highest BCUT2D eigenvalue weighted by Gasteiger charge is 2.14.